The summed E-state index contributed by atoms with van der Waals surface area (Å²) in [6, 6.07) is 14.8. The van der Waals surface area contributed by atoms with Gasteiger partial charge in [-0.1, -0.05) is 31.0 Å². The number of para-hydroxylation sites is 1. The largest absolute Gasteiger partial charge is 0.484 e. The van der Waals surface area contributed by atoms with Crippen LogP contribution in [0.4, 0.5) is 11.4 Å². The average molecular weight is 421 g/mol. The molecule has 3 amide bonds. The maximum absolute atomic E-state index is 13.4. The Labute approximate surface area is 181 Å². The summed E-state index contributed by atoms with van der Waals surface area (Å²) >= 11 is 0. The molecule has 7 heteroatoms. The Bertz CT molecular complexity index is 973. The van der Waals surface area contributed by atoms with Gasteiger partial charge in [0.2, 0.25) is 11.8 Å². The topological polar surface area (TPSA) is 102 Å². The number of fused-ring (bicyclic) bond motifs is 1. The zero-order valence-corrected chi connectivity index (χ0v) is 17.4. The molecule has 2 aliphatic rings. The second-order valence-corrected chi connectivity index (χ2v) is 8.13. The Balaban J connectivity index is 1.43. The van der Waals surface area contributed by atoms with E-state index in [9.17, 15) is 14.4 Å². The van der Waals surface area contributed by atoms with Crippen LogP contribution in [0.25, 0.3) is 0 Å². The number of ether oxygens (including phenoxy) is 1. The van der Waals surface area contributed by atoms with Crippen molar-refractivity contribution >= 4 is 29.1 Å². The van der Waals surface area contributed by atoms with Crippen molar-refractivity contribution in [1.29, 1.82) is 0 Å². The van der Waals surface area contributed by atoms with Crippen molar-refractivity contribution in [3.05, 3.63) is 54.1 Å². The van der Waals surface area contributed by atoms with Gasteiger partial charge in [0.25, 0.3) is 5.91 Å². The van der Waals surface area contributed by atoms with E-state index in [1.54, 1.807) is 24.3 Å². The molecule has 0 bridgehead atoms. The predicted octanol–water partition coefficient (Wildman–Crippen LogP) is 2.88. The molecule has 1 aliphatic carbocycles. The summed E-state index contributed by atoms with van der Waals surface area (Å²) in [5, 5.41) is 2.94. The number of carbonyl (C=O) groups excluding carboxylic acids is 3. The number of benzene rings is 2. The van der Waals surface area contributed by atoms with Crippen molar-refractivity contribution in [3.8, 4) is 5.75 Å². The summed E-state index contributed by atoms with van der Waals surface area (Å²) in [5.74, 6) is -0.782. The highest BCUT2D eigenvalue weighted by Gasteiger charge is 2.39. The van der Waals surface area contributed by atoms with Crippen molar-refractivity contribution in [2.45, 2.75) is 32.1 Å². The minimum Gasteiger partial charge on any atom is -0.484 e. The number of primary amides is 1. The number of nitrogens with two attached hydrogens (primary N) is 1. The third-order valence-corrected chi connectivity index (χ3v) is 6.08. The Morgan fingerprint density at radius 1 is 1.00 bits per heavy atom. The number of hydrogen-bond acceptors (Lipinski definition) is 4. The molecule has 3 N–H and O–H groups in total. The molecule has 7 nitrogen and oxygen atoms in total. The van der Waals surface area contributed by atoms with Gasteiger partial charge in [0.15, 0.2) is 6.61 Å². The van der Waals surface area contributed by atoms with Crippen molar-refractivity contribution in [3.63, 3.8) is 0 Å². The van der Waals surface area contributed by atoms with Crippen LogP contribution in [0.15, 0.2) is 48.5 Å². The molecule has 1 aliphatic heterocycles. The first-order valence-corrected chi connectivity index (χ1v) is 10.7. The highest BCUT2D eigenvalue weighted by atomic mass is 16.5. The molecule has 1 heterocycles. The molecule has 0 saturated heterocycles. The van der Waals surface area contributed by atoms with E-state index >= 15 is 0 Å². The molecule has 0 radical (unpaired) electrons. The molecular weight excluding hydrogens is 394 g/mol. The Morgan fingerprint density at radius 2 is 1.71 bits per heavy atom. The van der Waals surface area contributed by atoms with Crippen molar-refractivity contribution in [1.82, 2.24) is 0 Å². The number of rotatable bonds is 6. The summed E-state index contributed by atoms with van der Waals surface area (Å²) in [7, 11) is 0. The number of nitrogens with zero attached hydrogens (tertiary/aromatic N) is 1. The minimum absolute atomic E-state index is 0.0556. The fourth-order valence-corrected chi connectivity index (χ4v) is 4.53. The fourth-order valence-electron chi connectivity index (χ4n) is 4.53. The van der Waals surface area contributed by atoms with Crippen LogP contribution in [0.2, 0.25) is 0 Å². The minimum atomic E-state index is -0.550. The molecule has 1 fully saturated rings. The monoisotopic (exact) mass is 421 g/mol. The van der Waals surface area contributed by atoms with Crippen LogP contribution in [0, 0.1) is 11.8 Å². The summed E-state index contributed by atoms with van der Waals surface area (Å²) in [5.41, 5.74) is 7.86. The molecular formula is C24H27N3O4. The van der Waals surface area contributed by atoms with Gasteiger partial charge in [-0.05, 0) is 55.2 Å². The van der Waals surface area contributed by atoms with Crippen molar-refractivity contribution < 1.29 is 19.1 Å². The van der Waals surface area contributed by atoms with E-state index in [0.29, 0.717) is 24.4 Å². The van der Waals surface area contributed by atoms with Crippen LogP contribution >= 0.6 is 0 Å². The number of nitrogens with one attached hydrogen (secondary N) is 1. The first-order valence-electron chi connectivity index (χ1n) is 10.7. The normalized spacial score (nSPS) is 20.1. The van der Waals surface area contributed by atoms with E-state index in [4.69, 9.17) is 10.5 Å². The first-order chi connectivity index (χ1) is 15.0. The molecule has 4 rings (SSSR count). The highest BCUT2D eigenvalue weighted by molar-refractivity contribution is 6.02. The molecule has 0 spiro atoms. The molecule has 2 atom stereocenters. The highest BCUT2D eigenvalue weighted by Crippen LogP contribution is 2.36. The number of hydrogen-bond donors (Lipinski definition) is 2. The third-order valence-electron chi connectivity index (χ3n) is 6.08. The van der Waals surface area contributed by atoms with Gasteiger partial charge >= 0.3 is 0 Å². The van der Waals surface area contributed by atoms with Gasteiger partial charge in [-0.3, -0.25) is 14.4 Å². The van der Waals surface area contributed by atoms with Crippen LogP contribution < -0.4 is 20.7 Å². The van der Waals surface area contributed by atoms with Crippen molar-refractivity contribution in [2.24, 2.45) is 17.6 Å². The number of amides is 3. The second kappa shape index (κ2) is 9.20. The summed E-state index contributed by atoms with van der Waals surface area (Å²) in [6.07, 6.45) is 4.20. The molecule has 2 aromatic carbocycles. The van der Waals surface area contributed by atoms with E-state index in [0.717, 1.165) is 31.4 Å². The van der Waals surface area contributed by atoms with E-state index < -0.39 is 5.91 Å². The van der Waals surface area contributed by atoms with Crippen LogP contribution in [-0.4, -0.2) is 30.9 Å². The fraction of sp³-hybridized carbons (Fsp3) is 0.375. The lowest BCUT2D eigenvalue weighted by Crippen LogP contribution is -2.43. The Morgan fingerprint density at radius 3 is 2.45 bits per heavy atom. The van der Waals surface area contributed by atoms with E-state index in [1.807, 2.05) is 23.1 Å². The van der Waals surface area contributed by atoms with Gasteiger partial charge in [-0.2, -0.15) is 0 Å². The van der Waals surface area contributed by atoms with Crippen LogP contribution in [0.1, 0.15) is 31.2 Å². The first kappa shape index (κ1) is 20.9. The van der Waals surface area contributed by atoms with Gasteiger partial charge in [0.1, 0.15) is 5.75 Å². The number of anilines is 2. The van der Waals surface area contributed by atoms with Crippen LogP contribution in [-0.2, 0) is 20.8 Å². The molecule has 0 aromatic heterocycles. The lowest BCUT2D eigenvalue weighted by Gasteiger charge is -2.32. The molecule has 2 aromatic rings. The SMILES string of the molecule is NC(=O)COc1ccc(NC(=O)C2CCCCC2C(=O)N2CCc3ccccc32)cc1. The van der Waals surface area contributed by atoms with Gasteiger partial charge in [-0.15, -0.1) is 0 Å². The van der Waals surface area contributed by atoms with Gasteiger partial charge in [0, 0.05) is 23.8 Å². The quantitative estimate of drug-likeness (QED) is 0.749. The number of carbonyl (C=O) groups is 3. The molecule has 2 unspecified atom stereocenters. The van der Waals surface area contributed by atoms with Crippen LogP contribution in [0.3, 0.4) is 0 Å². The Hall–Kier alpha value is -3.35. The third kappa shape index (κ3) is 4.71. The summed E-state index contributed by atoms with van der Waals surface area (Å²) in [4.78, 5) is 39.1. The summed E-state index contributed by atoms with van der Waals surface area (Å²) < 4.78 is 5.24. The lowest BCUT2D eigenvalue weighted by atomic mass is 9.77. The van der Waals surface area contributed by atoms with Gasteiger partial charge in [-0.25, -0.2) is 0 Å². The predicted molar refractivity (Wildman–Crippen MR) is 118 cm³/mol. The standard InChI is InChI=1S/C24H27N3O4/c25-22(28)15-31-18-11-9-17(10-12-18)26-23(29)19-6-2-3-7-20(19)24(30)27-14-13-16-5-1-4-8-21(16)27/h1,4-5,8-12,19-20H,2-3,6-7,13-15H2,(H2,25,28)(H,26,29). The maximum Gasteiger partial charge on any atom is 0.255 e. The van der Waals surface area contributed by atoms with E-state index in [2.05, 4.69) is 11.4 Å². The van der Waals surface area contributed by atoms with Crippen molar-refractivity contribution in [2.75, 3.05) is 23.4 Å². The average Bonchev–Trinajstić information content (AvgIpc) is 3.22. The summed E-state index contributed by atoms with van der Waals surface area (Å²) in [6.45, 7) is 0.479. The molecule has 31 heavy (non-hydrogen) atoms. The van der Waals surface area contributed by atoms with Gasteiger partial charge < -0.3 is 20.7 Å². The Kier molecular flexibility index (Phi) is 6.21. The van der Waals surface area contributed by atoms with E-state index in [1.165, 1.54) is 5.56 Å². The molecule has 162 valence electrons. The van der Waals surface area contributed by atoms with Gasteiger partial charge in [0.05, 0.1) is 5.92 Å². The zero-order valence-electron chi connectivity index (χ0n) is 17.4. The molecule has 1 saturated carbocycles. The van der Waals surface area contributed by atoms with E-state index in [-0.39, 0.29) is 30.3 Å². The maximum atomic E-state index is 13.4. The smallest absolute Gasteiger partial charge is 0.255 e. The zero-order chi connectivity index (χ0) is 21.8. The second-order valence-electron chi connectivity index (χ2n) is 8.13. The lowest BCUT2D eigenvalue weighted by molar-refractivity contribution is -0.132. The van der Waals surface area contributed by atoms with Crippen LogP contribution in [0.5, 0.6) is 5.75 Å².